The fourth-order valence-electron chi connectivity index (χ4n) is 2.12. The Labute approximate surface area is 124 Å². The number of aliphatic carboxylic acids is 1. The molecule has 1 aliphatic rings. The highest BCUT2D eigenvalue weighted by Gasteiger charge is 2.27. The number of carboxylic acids is 1. The third kappa shape index (κ3) is 3.90. The number of hydrogen-bond donors (Lipinski definition) is 1. The lowest BCUT2D eigenvalue weighted by molar-refractivity contribution is -0.131. The molecule has 1 fully saturated rings. The highest BCUT2D eigenvalue weighted by Crippen LogP contribution is 2.19. The van der Waals surface area contributed by atoms with Crippen molar-refractivity contribution in [3.05, 3.63) is 35.9 Å². The SMILES string of the molecule is CN1CCN(S(=O)(=O)c2cccc(C=CC(=O)O)c2)CC1. The Morgan fingerprint density at radius 2 is 1.90 bits per heavy atom. The largest absolute Gasteiger partial charge is 0.478 e. The molecule has 1 heterocycles. The van der Waals surface area contributed by atoms with Gasteiger partial charge >= 0.3 is 5.97 Å². The van der Waals surface area contributed by atoms with Crippen molar-refractivity contribution >= 4 is 22.1 Å². The van der Waals surface area contributed by atoms with Gasteiger partial charge in [0.05, 0.1) is 4.90 Å². The van der Waals surface area contributed by atoms with E-state index in [-0.39, 0.29) is 4.90 Å². The minimum absolute atomic E-state index is 0.194. The van der Waals surface area contributed by atoms with Crippen LogP contribution >= 0.6 is 0 Å². The molecule has 0 unspecified atom stereocenters. The summed E-state index contributed by atoms with van der Waals surface area (Å²) in [5, 5.41) is 8.61. The molecule has 0 bridgehead atoms. The number of rotatable bonds is 4. The van der Waals surface area contributed by atoms with Gasteiger partial charge in [0, 0.05) is 32.3 Å². The average Bonchev–Trinajstić information content (AvgIpc) is 2.46. The van der Waals surface area contributed by atoms with Gasteiger partial charge in [-0.3, -0.25) is 0 Å². The van der Waals surface area contributed by atoms with Crippen molar-refractivity contribution < 1.29 is 18.3 Å². The summed E-state index contributed by atoms with van der Waals surface area (Å²) in [6.07, 6.45) is 2.37. The number of likely N-dealkylation sites (N-methyl/N-ethyl adjacent to an activating group) is 1. The molecule has 1 saturated heterocycles. The van der Waals surface area contributed by atoms with Gasteiger partial charge in [-0.15, -0.1) is 0 Å². The summed E-state index contributed by atoms with van der Waals surface area (Å²) < 4.78 is 26.6. The Morgan fingerprint density at radius 1 is 1.24 bits per heavy atom. The van der Waals surface area contributed by atoms with Crippen LogP contribution in [0.4, 0.5) is 0 Å². The summed E-state index contributed by atoms with van der Waals surface area (Å²) >= 11 is 0. The fourth-order valence-corrected chi connectivity index (χ4v) is 3.60. The van der Waals surface area contributed by atoms with Crippen LogP contribution in [0.2, 0.25) is 0 Å². The van der Waals surface area contributed by atoms with E-state index in [9.17, 15) is 13.2 Å². The summed E-state index contributed by atoms with van der Waals surface area (Å²) in [4.78, 5) is 12.8. The first-order chi connectivity index (χ1) is 9.89. The molecular formula is C14H18N2O4S. The van der Waals surface area contributed by atoms with Gasteiger partial charge < -0.3 is 10.0 Å². The molecule has 0 saturated carbocycles. The lowest BCUT2D eigenvalue weighted by Gasteiger charge is -2.31. The number of sulfonamides is 1. The molecule has 114 valence electrons. The number of carboxylic acid groups (broad SMARTS) is 1. The summed E-state index contributed by atoms with van der Waals surface area (Å²) in [5.74, 6) is -1.07. The maximum absolute atomic E-state index is 12.6. The Hall–Kier alpha value is -1.70. The summed E-state index contributed by atoms with van der Waals surface area (Å²) in [7, 11) is -1.56. The summed E-state index contributed by atoms with van der Waals surface area (Å²) in [6.45, 7) is 2.34. The second-order valence-electron chi connectivity index (χ2n) is 4.95. The molecule has 0 spiro atoms. The monoisotopic (exact) mass is 310 g/mol. The fraction of sp³-hybridized carbons (Fsp3) is 0.357. The summed E-state index contributed by atoms with van der Waals surface area (Å²) in [6, 6.07) is 6.31. The van der Waals surface area contributed by atoms with Crippen molar-refractivity contribution in [3.63, 3.8) is 0 Å². The molecule has 0 atom stereocenters. The van der Waals surface area contributed by atoms with Crippen molar-refractivity contribution in [2.24, 2.45) is 0 Å². The van der Waals surface area contributed by atoms with E-state index < -0.39 is 16.0 Å². The van der Waals surface area contributed by atoms with Gasteiger partial charge in [0.1, 0.15) is 0 Å². The van der Waals surface area contributed by atoms with Gasteiger partial charge in [0.15, 0.2) is 0 Å². The Kier molecular flexibility index (Phi) is 4.76. The molecule has 1 N–H and O–H groups in total. The zero-order valence-electron chi connectivity index (χ0n) is 11.8. The van der Waals surface area contributed by atoms with E-state index in [0.29, 0.717) is 31.7 Å². The van der Waals surface area contributed by atoms with E-state index >= 15 is 0 Å². The molecule has 0 aromatic heterocycles. The van der Waals surface area contributed by atoms with Gasteiger partial charge in [-0.1, -0.05) is 12.1 Å². The smallest absolute Gasteiger partial charge is 0.328 e. The van der Waals surface area contributed by atoms with E-state index in [2.05, 4.69) is 4.90 Å². The number of benzene rings is 1. The normalized spacial score (nSPS) is 18.1. The van der Waals surface area contributed by atoms with Gasteiger partial charge in [-0.2, -0.15) is 4.31 Å². The Morgan fingerprint density at radius 3 is 2.52 bits per heavy atom. The Bertz CT molecular complexity index is 647. The van der Waals surface area contributed by atoms with Crippen LogP contribution in [-0.4, -0.2) is 61.9 Å². The predicted octanol–water partition coefficient (Wildman–Crippen LogP) is 0.720. The second-order valence-corrected chi connectivity index (χ2v) is 6.89. The lowest BCUT2D eigenvalue weighted by atomic mass is 10.2. The van der Waals surface area contributed by atoms with Crippen LogP contribution in [0.25, 0.3) is 6.08 Å². The topological polar surface area (TPSA) is 77.9 Å². The third-order valence-corrected chi connectivity index (χ3v) is 5.27. The van der Waals surface area contributed by atoms with Crippen LogP contribution in [0.15, 0.2) is 35.2 Å². The molecule has 0 aliphatic carbocycles. The number of hydrogen-bond acceptors (Lipinski definition) is 4. The maximum atomic E-state index is 12.6. The zero-order valence-corrected chi connectivity index (χ0v) is 12.6. The summed E-state index contributed by atoms with van der Waals surface area (Å²) in [5.41, 5.74) is 0.549. The predicted molar refractivity (Wildman–Crippen MR) is 79.4 cm³/mol. The van der Waals surface area contributed by atoms with Crippen LogP contribution in [-0.2, 0) is 14.8 Å². The van der Waals surface area contributed by atoms with Crippen molar-refractivity contribution in [2.75, 3.05) is 33.2 Å². The van der Waals surface area contributed by atoms with E-state index in [0.717, 1.165) is 6.08 Å². The van der Waals surface area contributed by atoms with E-state index in [4.69, 9.17) is 5.11 Å². The molecule has 1 aromatic rings. The van der Waals surface area contributed by atoms with E-state index in [1.165, 1.54) is 22.5 Å². The van der Waals surface area contributed by atoms with Crippen LogP contribution < -0.4 is 0 Å². The van der Waals surface area contributed by atoms with Crippen LogP contribution in [0.3, 0.4) is 0 Å². The second kappa shape index (κ2) is 6.38. The van der Waals surface area contributed by atoms with Crippen LogP contribution in [0.5, 0.6) is 0 Å². The third-order valence-electron chi connectivity index (χ3n) is 3.38. The highest BCUT2D eigenvalue weighted by molar-refractivity contribution is 7.89. The quantitative estimate of drug-likeness (QED) is 0.829. The lowest BCUT2D eigenvalue weighted by Crippen LogP contribution is -2.47. The van der Waals surface area contributed by atoms with Crippen molar-refractivity contribution in [2.45, 2.75) is 4.90 Å². The van der Waals surface area contributed by atoms with Gasteiger partial charge in [0.25, 0.3) is 0 Å². The van der Waals surface area contributed by atoms with Crippen molar-refractivity contribution in [1.82, 2.24) is 9.21 Å². The molecule has 7 heteroatoms. The molecule has 1 aliphatic heterocycles. The first kappa shape index (κ1) is 15.7. The maximum Gasteiger partial charge on any atom is 0.328 e. The van der Waals surface area contributed by atoms with Crippen molar-refractivity contribution in [3.8, 4) is 0 Å². The molecule has 1 aromatic carbocycles. The first-order valence-corrected chi connectivity index (χ1v) is 8.03. The minimum Gasteiger partial charge on any atom is -0.478 e. The highest BCUT2D eigenvalue weighted by atomic mass is 32.2. The number of nitrogens with zero attached hydrogens (tertiary/aromatic N) is 2. The average molecular weight is 310 g/mol. The van der Waals surface area contributed by atoms with E-state index in [1.54, 1.807) is 12.1 Å². The number of piperazine rings is 1. The van der Waals surface area contributed by atoms with Gasteiger partial charge in [-0.25, -0.2) is 13.2 Å². The Balaban J connectivity index is 2.24. The van der Waals surface area contributed by atoms with E-state index in [1.807, 2.05) is 7.05 Å². The molecule has 2 rings (SSSR count). The molecular weight excluding hydrogens is 292 g/mol. The molecule has 21 heavy (non-hydrogen) atoms. The standard InChI is InChI=1S/C14H18N2O4S/c1-15-7-9-16(10-8-15)21(19,20)13-4-2-3-12(11-13)5-6-14(17)18/h2-6,11H,7-10H2,1H3,(H,17,18). The number of carbonyl (C=O) groups is 1. The van der Waals surface area contributed by atoms with Gasteiger partial charge in [-0.05, 0) is 30.8 Å². The molecule has 0 amide bonds. The molecule has 0 radical (unpaired) electrons. The molecule has 6 nitrogen and oxygen atoms in total. The van der Waals surface area contributed by atoms with Crippen molar-refractivity contribution in [1.29, 1.82) is 0 Å². The van der Waals surface area contributed by atoms with Crippen LogP contribution in [0, 0.1) is 0 Å². The first-order valence-electron chi connectivity index (χ1n) is 6.59. The minimum atomic E-state index is -3.52. The van der Waals surface area contributed by atoms with Gasteiger partial charge in [0.2, 0.25) is 10.0 Å². The van der Waals surface area contributed by atoms with Crippen LogP contribution in [0.1, 0.15) is 5.56 Å². The zero-order chi connectivity index (χ0) is 15.5.